The highest BCUT2D eigenvalue weighted by molar-refractivity contribution is 6.05. The number of aromatic nitrogens is 5. The van der Waals surface area contributed by atoms with Crippen molar-refractivity contribution >= 4 is 22.5 Å². The number of aromatic amines is 1. The van der Waals surface area contributed by atoms with Crippen molar-refractivity contribution in [3.63, 3.8) is 0 Å². The van der Waals surface area contributed by atoms with E-state index in [0.717, 1.165) is 52.1 Å². The van der Waals surface area contributed by atoms with Crippen LogP contribution in [0.25, 0.3) is 33.5 Å². The molecule has 0 aliphatic rings. The summed E-state index contributed by atoms with van der Waals surface area (Å²) in [6, 6.07) is 17.3. The van der Waals surface area contributed by atoms with Gasteiger partial charge >= 0.3 is 6.18 Å². The highest BCUT2D eigenvalue weighted by Crippen LogP contribution is 2.32. The summed E-state index contributed by atoms with van der Waals surface area (Å²) in [7, 11) is 0. The summed E-state index contributed by atoms with van der Waals surface area (Å²) in [5, 5.41) is 19.4. The average Bonchev–Trinajstić information content (AvgIpc) is 3.51. The zero-order valence-corrected chi connectivity index (χ0v) is 19.3. The van der Waals surface area contributed by atoms with Gasteiger partial charge in [-0.05, 0) is 68.4 Å². The topological polar surface area (TPSA) is 88.5 Å². The summed E-state index contributed by atoms with van der Waals surface area (Å²) in [4.78, 5) is 12.6. The van der Waals surface area contributed by atoms with Gasteiger partial charge in [0.2, 0.25) is 0 Å². The quantitative estimate of drug-likeness (QED) is 0.301. The lowest BCUT2D eigenvalue weighted by Crippen LogP contribution is -2.12. The summed E-state index contributed by atoms with van der Waals surface area (Å²) in [6.45, 7) is 4.11. The van der Waals surface area contributed by atoms with Gasteiger partial charge in [0.15, 0.2) is 5.82 Å². The Bertz CT molecular complexity index is 1550. The minimum absolute atomic E-state index is 0.123. The fourth-order valence-electron chi connectivity index (χ4n) is 3.96. The first-order valence-corrected chi connectivity index (χ1v) is 11.2. The maximum atomic E-state index is 12.8. The van der Waals surface area contributed by atoms with E-state index in [1.807, 2.05) is 28.8 Å². The number of alkyl halides is 3. The normalized spacial score (nSPS) is 11.8. The van der Waals surface area contributed by atoms with E-state index in [-0.39, 0.29) is 11.6 Å². The van der Waals surface area contributed by atoms with Gasteiger partial charge in [-0.25, -0.2) is 0 Å². The van der Waals surface area contributed by atoms with Gasteiger partial charge < -0.3 is 9.88 Å². The van der Waals surface area contributed by atoms with Crippen molar-refractivity contribution in [2.75, 3.05) is 5.32 Å². The average molecular weight is 490 g/mol. The maximum absolute atomic E-state index is 12.8. The molecule has 2 heterocycles. The molecule has 10 heteroatoms. The number of H-pyrrole nitrogens is 1. The fraction of sp³-hybridized carbons (Fsp3) is 0.154. The SMILES string of the molecule is CC(C)n1cnnc1-c1ccc2[nH]nc(-c3cccc(NC(=O)c4ccc(C(F)(F)F)cc4)c3)c2c1. The van der Waals surface area contributed by atoms with E-state index in [1.54, 1.807) is 24.5 Å². The predicted molar refractivity (Wildman–Crippen MR) is 130 cm³/mol. The lowest BCUT2D eigenvalue weighted by Gasteiger charge is -2.10. The Labute approximate surface area is 204 Å². The second-order valence-corrected chi connectivity index (χ2v) is 8.60. The van der Waals surface area contributed by atoms with Crippen LogP contribution in [-0.4, -0.2) is 30.9 Å². The molecule has 0 unspecified atom stereocenters. The monoisotopic (exact) mass is 490 g/mol. The van der Waals surface area contributed by atoms with Crippen LogP contribution in [-0.2, 0) is 6.18 Å². The Morgan fingerprint density at radius 2 is 1.78 bits per heavy atom. The van der Waals surface area contributed by atoms with Crippen LogP contribution >= 0.6 is 0 Å². The van der Waals surface area contributed by atoms with Gasteiger partial charge in [0.1, 0.15) is 6.33 Å². The molecule has 3 aromatic carbocycles. The summed E-state index contributed by atoms with van der Waals surface area (Å²) >= 11 is 0. The molecule has 0 saturated heterocycles. The third-order valence-electron chi connectivity index (χ3n) is 5.82. The van der Waals surface area contributed by atoms with Crippen molar-refractivity contribution in [1.82, 2.24) is 25.0 Å². The molecule has 36 heavy (non-hydrogen) atoms. The van der Waals surface area contributed by atoms with Crippen LogP contribution in [0.2, 0.25) is 0 Å². The smallest absolute Gasteiger partial charge is 0.322 e. The zero-order chi connectivity index (χ0) is 25.4. The number of hydrogen-bond acceptors (Lipinski definition) is 4. The van der Waals surface area contributed by atoms with E-state index in [2.05, 4.69) is 39.6 Å². The largest absolute Gasteiger partial charge is 0.416 e. The first-order chi connectivity index (χ1) is 17.2. The molecule has 2 N–H and O–H groups in total. The van der Waals surface area contributed by atoms with Gasteiger partial charge in [0, 0.05) is 33.8 Å². The molecule has 0 fully saturated rings. The molecule has 0 bridgehead atoms. The summed E-state index contributed by atoms with van der Waals surface area (Å²) < 4.78 is 40.4. The molecular weight excluding hydrogens is 469 g/mol. The Balaban J connectivity index is 1.43. The lowest BCUT2D eigenvalue weighted by molar-refractivity contribution is -0.137. The van der Waals surface area contributed by atoms with Gasteiger partial charge in [-0.2, -0.15) is 18.3 Å². The van der Waals surface area contributed by atoms with Crippen molar-refractivity contribution in [2.24, 2.45) is 0 Å². The Morgan fingerprint density at radius 1 is 1.00 bits per heavy atom. The van der Waals surface area contributed by atoms with E-state index in [9.17, 15) is 18.0 Å². The summed E-state index contributed by atoms with van der Waals surface area (Å²) in [5.74, 6) is 0.236. The molecule has 5 rings (SSSR count). The molecule has 7 nitrogen and oxygen atoms in total. The Morgan fingerprint density at radius 3 is 2.50 bits per heavy atom. The molecule has 0 aliphatic heterocycles. The number of hydrogen-bond donors (Lipinski definition) is 2. The van der Waals surface area contributed by atoms with Gasteiger partial charge in [-0.3, -0.25) is 9.89 Å². The number of nitrogens with zero attached hydrogens (tertiary/aromatic N) is 4. The standard InChI is InChI=1S/C26H21F3N6O/c1-15(2)35-14-30-34-24(35)18-8-11-22-21(13-18)23(33-32-22)17-4-3-5-20(12-17)31-25(36)16-6-9-19(10-7-16)26(27,28)29/h3-15H,1-2H3,(H,31,36)(H,32,33). The summed E-state index contributed by atoms with van der Waals surface area (Å²) in [5.41, 5.74) is 2.98. The molecule has 0 aliphatic carbocycles. The molecule has 0 saturated carbocycles. The predicted octanol–water partition coefficient (Wildman–Crippen LogP) is 6.34. The lowest BCUT2D eigenvalue weighted by atomic mass is 10.0. The third-order valence-corrected chi connectivity index (χ3v) is 5.82. The van der Waals surface area contributed by atoms with E-state index < -0.39 is 17.6 Å². The molecule has 1 amide bonds. The van der Waals surface area contributed by atoms with Gasteiger partial charge in [-0.15, -0.1) is 10.2 Å². The number of fused-ring (bicyclic) bond motifs is 1. The molecule has 182 valence electrons. The molecule has 0 spiro atoms. The van der Waals surface area contributed by atoms with Gasteiger partial charge in [0.25, 0.3) is 5.91 Å². The highest BCUT2D eigenvalue weighted by atomic mass is 19.4. The van der Waals surface area contributed by atoms with Crippen molar-refractivity contribution in [2.45, 2.75) is 26.1 Å². The first kappa shape index (κ1) is 23.3. The van der Waals surface area contributed by atoms with E-state index in [0.29, 0.717) is 11.4 Å². The summed E-state index contributed by atoms with van der Waals surface area (Å²) in [6.07, 6.45) is -2.76. The minimum atomic E-state index is -4.46. The van der Waals surface area contributed by atoms with Crippen LogP contribution < -0.4 is 5.32 Å². The number of benzene rings is 3. The molecule has 0 atom stereocenters. The van der Waals surface area contributed by atoms with E-state index in [4.69, 9.17) is 0 Å². The third kappa shape index (κ3) is 4.45. The molecule has 2 aromatic heterocycles. The number of carbonyl (C=O) groups is 1. The van der Waals surface area contributed by atoms with Crippen LogP contribution in [0, 0.1) is 0 Å². The second kappa shape index (κ2) is 8.95. The van der Waals surface area contributed by atoms with Gasteiger partial charge in [-0.1, -0.05) is 12.1 Å². The second-order valence-electron chi connectivity index (χ2n) is 8.60. The first-order valence-electron chi connectivity index (χ1n) is 11.2. The fourth-order valence-corrected chi connectivity index (χ4v) is 3.96. The number of anilines is 1. The van der Waals surface area contributed by atoms with Crippen molar-refractivity contribution in [3.05, 3.63) is 84.2 Å². The molecule has 0 radical (unpaired) electrons. The number of amides is 1. The van der Waals surface area contributed by atoms with E-state index in [1.165, 1.54) is 0 Å². The zero-order valence-electron chi connectivity index (χ0n) is 19.3. The number of carbonyl (C=O) groups excluding carboxylic acids is 1. The Hall–Kier alpha value is -4.47. The molecular formula is C26H21F3N6O. The van der Waals surface area contributed by atoms with Gasteiger partial charge in [0.05, 0.1) is 16.8 Å². The number of rotatable bonds is 5. The highest BCUT2D eigenvalue weighted by Gasteiger charge is 2.30. The maximum Gasteiger partial charge on any atom is 0.416 e. The van der Waals surface area contributed by atoms with Crippen molar-refractivity contribution in [3.8, 4) is 22.6 Å². The van der Waals surface area contributed by atoms with Crippen LogP contribution in [0.3, 0.4) is 0 Å². The minimum Gasteiger partial charge on any atom is -0.322 e. The number of halogens is 3. The van der Waals surface area contributed by atoms with Crippen molar-refractivity contribution < 1.29 is 18.0 Å². The van der Waals surface area contributed by atoms with Crippen LogP contribution in [0.15, 0.2) is 73.1 Å². The number of nitrogens with one attached hydrogen (secondary N) is 2. The van der Waals surface area contributed by atoms with Crippen LogP contribution in [0.4, 0.5) is 18.9 Å². The van der Waals surface area contributed by atoms with Crippen molar-refractivity contribution in [1.29, 1.82) is 0 Å². The van der Waals surface area contributed by atoms with Crippen LogP contribution in [0.5, 0.6) is 0 Å². The Kier molecular flexibility index (Phi) is 5.79. The van der Waals surface area contributed by atoms with Crippen LogP contribution in [0.1, 0.15) is 35.8 Å². The van der Waals surface area contributed by atoms with E-state index >= 15 is 0 Å². The molecule has 5 aromatic rings.